The quantitative estimate of drug-likeness (QED) is 0.722. The lowest BCUT2D eigenvalue weighted by Gasteiger charge is -2.30. The first-order chi connectivity index (χ1) is 9.70. The van der Waals surface area contributed by atoms with Crippen molar-refractivity contribution in [2.45, 2.75) is 6.92 Å². The number of pyridine rings is 1. The van der Waals surface area contributed by atoms with Crippen molar-refractivity contribution in [2.75, 3.05) is 31.3 Å². The number of aromatic nitrogens is 3. The van der Waals surface area contributed by atoms with Gasteiger partial charge >= 0.3 is 0 Å². The molecule has 20 heavy (non-hydrogen) atoms. The number of hydrogen-bond acceptors (Lipinski definition) is 6. The molecular weight excluding hydrogens is 258 g/mol. The molecule has 7 heteroatoms. The molecule has 102 valence electrons. The molecule has 0 N–H and O–H groups in total. The smallest absolute Gasteiger partial charge is 0.289 e. The third kappa shape index (κ3) is 2.00. The van der Waals surface area contributed by atoms with Crippen molar-refractivity contribution in [3.05, 3.63) is 34.1 Å². The highest BCUT2D eigenvalue weighted by Crippen LogP contribution is 2.12. The van der Waals surface area contributed by atoms with Crippen molar-refractivity contribution in [3.8, 4) is 6.07 Å². The van der Waals surface area contributed by atoms with E-state index in [-0.39, 0.29) is 11.1 Å². The molecule has 0 saturated carbocycles. The lowest BCUT2D eigenvalue weighted by atomic mass is 10.2. The Kier molecular flexibility index (Phi) is 3.08. The number of fused-ring (bicyclic) bond motifs is 1. The summed E-state index contributed by atoms with van der Waals surface area (Å²) < 4.78 is 6.75. The maximum absolute atomic E-state index is 12.4. The van der Waals surface area contributed by atoms with Gasteiger partial charge in [-0.3, -0.25) is 4.79 Å². The van der Waals surface area contributed by atoms with Crippen LogP contribution in [0, 0.1) is 18.3 Å². The molecule has 0 atom stereocenters. The second kappa shape index (κ2) is 4.90. The van der Waals surface area contributed by atoms with Gasteiger partial charge in [0.15, 0.2) is 0 Å². The molecule has 3 heterocycles. The lowest BCUT2D eigenvalue weighted by molar-refractivity contribution is 0.110. The summed E-state index contributed by atoms with van der Waals surface area (Å²) in [6.45, 7) is 4.09. The molecule has 2 aromatic heterocycles. The summed E-state index contributed by atoms with van der Waals surface area (Å²) in [7, 11) is 0. The summed E-state index contributed by atoms with van der Waals surface area (Å²) in [5.41, 5.74) is 0.119. The Morgan fingerprint density at radius 1 is 1.40 bits per heavy atom. The van der Waals surface area contributed by atoms with Gasteiger partial charge in [-0.05, 0) is 6.92 Å². The number of nitrogens with zero attached hydrogens (tertiary/aromatic N) is 5. The highest BCUT2D eigenvalue weighted by atomic mass is 16.5. The standard InChI is InChI=1S/C13H13N5O2/c1-9-15-7-10-8-18(17-2-4-20-5-3-17)13(19)11(6-14)12(10)16-9/h7-8H,2-5H2,1H3. The van der Waals surface area contributed by atoms with Crippen LogP contribution >= 0.6 is 0 Å². The van der Waals surface area contributed by atoms with E-state index in [4.69, 9.17) is 4.74 Å². The summed E-state index contributed by atoms with van der Waals surface area (Å²) in [6.07, 6.45) is 3.32. The fourth-order valence-electron chi connectivity index (χ4n) is 2.26. The van der Waals surface area contributed by atoms with E-state index in [1.165, 1.54) is 4.68 Å². The van der Waals surface area contributed by atoms with E-state index in [2.05, 4.69) is 9.97 Å². The monoisotopic (exact) mass is 271 g/mol. The van der Waals surface area contributed by atoms with Gasteiger partial charge in [0.05, 0.1) is 31.8 Å². The zero-order chi connectivity index (χ0) is 14.1. The van der Waals surface area contributed by atoms with Crippen molar-refractivity contribution < 1.29 is 4.74 Å². The predicted molar refractivity (Wildman–Crippen MR) is 72.0 cm³/mol. The Morgan fingerprint density at radius 3 is 2.85 bits per heavy atom. The average molecular weight is 271 g/mol. The molecule has 7 nitrogen and oxygen atoms in total. The van der Waals surface area contributed by atoms with Crippen LogP contribution in [0.4, 0.5) is 0 Å². The normalized spacial score (nSPS) is 15.3. The molecule has 0 radical (unpaired) electrons. The zero-order valence-corrected chi connectivity index (χ0v) is 11.0. The number of hydrogen-bond donors (Lipinski definition) is 0. The minimum Gasteiger partial charge on any atom is -0.378 e. The Balaban J connectivity index is 2.24. The number of rotatable bonds is 1. The van der Waals surface area contributed by atoms with Gasteiger partial charge in [0.25, 0.3) is 5.56 Å². The van der Waals surface area contributed by atoms with Gasteiger partial charge < -0.3 is 9.75 Å². The molecule has 1 aliphatic rings. The van der Waals surface area contributed by atoms with E-state index in [9.17, 15) is 10.1 Å². The van der Waals surface area contributed by atoms with Crippen LogP contribution in [0.5, 0.6) is 0 Å². The Bertz CT molecular complexity index is 756. The predicted octanol–water partition coefficient (Wildman–Crippen LogP) is -0.0602. The molecule has 3 rings (SSSR count). The van der Waals surface area contributed by atoms with E-state index in [0.29, 0.717) is 43.0 Å². The van der Waals surface area contributed by atoms with E-state index < -0.39 is 0 Å². The van der Waals surface area contributed by atoms with Gasteiger partial charge in [-0.25, -0.2) is 14.6 Å². The number of aryl methyl sites for hydroxylation is 1. The summed E-state index contributed by atoms with van der Waals surface area (Å²) in [4.78, 5) is 20.7. The van der Waals surface area contributed by atoms with Crippen LogP contribution < -0.4 is 10.6 Å². The van der Waals surface area contributed by atoms with Crippen LogP contribution in [0.3, 0.4) is 0 Å². The van der Waals surface area contributed by atoms with Crippen molar-refractivity contribution >= 4 is 10.9 Å². The highest BCUT2D eigenvalue weighted by Gasteiger charge is 2.17. The Hall–Kier alpha value is -2.46. The summed E-state index contributed by atoms with van der Waals surface area (Å²) in [6, 6.07) is 1.96. The third-order valence-electron chi connectivity index (χ3n) is 3.26. The number of morpholine rings is 1. The molecule has 2 aromatic rings. The van der Waals surface area contributed by atoms with Gasteiger partial charge in [-0.1, -0.05) is 0 Å². The van der Waals surface area contributed by atoms with Crippen LogP contribution in [0.2, 0.25) is 0 Å². The van der Waals surface area contributed by atoms with Crippen LogP contribution in [-0.2, 0) is 4.74 Å². The van der Waals surface area contributed by atoms with Crippen LogP contribution in [0.1, 0.15) is 11.4 Å². The number of ether oxygens (including phenoxy) is 1. The molecule has 0 bridgehead atoms. The lowest BCUT2D eigenvalue weighted by Crippen LogP contribution is -2.49. The molecule has 1 saturated heterocycles. The van der Waals surface area contributed by atoms with Crippen molar-refractivity contribution in [3.63, 3.8) is 0 Å². The molecular formula is C13H13N5O2. The molecule has 0 unspecified atom stereocenters. The molecule has 1 aliphatic heterocycles. The van der Waals surface area contributed by atoms with Crippen LogP contribution in [0.15, 0.2) is 17.2 Å². The van der Waals surface area contributed by atoms with E-state index in [1.807, 2.05) is 11.1 Å². The SMILES string of the molecule is Cc1ncc2cn(N3CCOCC3)c(=O)c(C#N)c2n1. The fraction of sp³-hybridized carbons (Fsp3) is 0.385. The van der Waals surface area contributed by atoms with Gasteiger partial charge in [-0.2, -0.15) is 5.26 Å². The van der Waals surface area contributed by atoms with E-state index in [1.54, 1.807) is 19.3 Å². The first-order valence-corrected chi connectivity index (χ1v) is 6.33. The first-order valence-electron chi connectivity index (χ1n) is 6.33. The second-order valence-electron chi connectivity index (χ2n) is 4.55. The van der Waals surface area contributed by atoms with Gasteiger partial charge in [0.1, 0.15) is 17.5 Å². The molecule has 1 fully saturated rings. The van der Waals surface area contributed by atoms with Crippen molar-refractivity contribution in [1.82, 2.24) is 14.6 Å². The van der Waals surface area contributed by atoms with Crippen molar-refractivity contribution in [2.24, 2.45) is 0 Å². The molecule has 0 aliphatic carbocycles. The average Bonchev–Trinajstić information content (AvgIpc) is 2.48. The van der Waals surface area contributed by atoms with E-state index in [0.717, 1.165) is 0 Å². The van der Waals surface area contributed by atoms with Gasteiger partial charge in [0, 0.05) is 17.8 Å². The minimum atomic E-state index is -0.347. The highest BCUT2D eigenvalue weighted by molar-refractivity contribution is 5.82. The molecule has 0 spiro atoms. The van der Waals surface area contributed by atoms with E-state index >= 15 is 0 Å². The van der Waals surface area contributed by atoms with Gasteiger partial charge in [-0.15, -0.1) is 0 Å². The minimum absolute atomic E-state index is 0.0551. The molecule has 0 aromatic carbocycles. The maximum atomic E-state index is 12.4. The first kappa shape index (κ1) is 12.6. The second-order valence-corrected chi connectivity index (χ2v) is 4.55. The third-order valence-corrected chi connectivity index (χ3v) is 3.26. The molecule has 0 amide bonds. The topological polar surface area (TPSA) is 84.0 Å². The zero-order valence-electron chi connectivity index (χ0n) is 11.0. The van der Waals surface area contributed by atoms with Crippen LogP contribution in [-0.4, -0.2) is 40.9 Å². The summed E-state index contributed by atoms with van der Waals surface area (Å²) in [5, 5.41) is 11.8. The summed E-state index contributed by atoms with van der Waals surface area (Å²) in [5.74, 6) is 0.539. The van der Waals surface area contributed by atoms with Crippen molar-refractivity contribution in [1.29, 1.82) is 5.26 Å². The summed E-state index contributed by atoms with van der Waals surface area (Å²) >= 11 is 0. The van der Waals surface area contributed by atoms with Gasteiger partial charge in [0.2, 0.25) is 0 Å². The maximum Gasteiger partial charge on any atom is 0.289 e. The largest absolute Gasteiger partial charge is 0.378 e. The Labute approximate surface area is 115 Å². The fourth-order valence-corrected chi connectivity index (χ4v) is 2.26. The van der Waals surface area contributed by atoms with Crippen LogP contribution in [0.25, 0.3) is 10.9 Å². The Morgan fingerprint density at radius 2 is 2.15 bits per heavy atom. The number of nitriles is 1.